The summed E-state index contributed by atoms with van der Waals surface area (Å²) in [5, 5.41) is 2.98. The molecule has 2 aromatic carbocycles. The smallest absolute Gasteiger partial charge is 0.321 e. The van der Waals surface area contributed by atoms with E-state index in [1.807, 2.05) is 36.1 Å². The Hall–Kier alpha value is -2.53. The van der Waals surface area contributed by atoms with E-state index in [9.17, 15) is 4.79 Å². The Morgan fingerprint density at radius 2 is 1.59 bits per heavy atom. The molecule has 2 amide bonds. The van der Waals surface area contributed by atoms with Gasteiger partial charge in [-0.05, 0) is 47.7 Å². The standard InChI is InChI=1S/C24H33N3O2/c1-5-29-22-12-10-21(11-13-22)25-23(28)27-16-14-26(15-17-27)18-19-6-8-20(9-7-19)24(2,3)4/h6-13H,5,14-18H2,1-4H3,(H,25,28). The van der Waals surface area contributed by atoms with Crippen LogP contribution in [0.5, 0.6) is 5.75 Å². The summed E-state index contributed by atoms with van der Waals surface area (Å²) in [6, 6.07) is 16.4. The number of carbonyl (C=O) groups excluding carboxylic acids is 1. The van der Waals surface area contributed by atoms with Crippen LogP contribution in [-0.4, -0.2) is 48.6 Å². The third-order valence-electron chi connectivity index (χ3n) is 5.30. The van der Waals surface area contributed by atoms with E-state index in [2.05, 4.69) is 55.3 Å². The number of anilines is 1. The molecule has 0 bridgehead atoms. The zero-order chi connectivity index (χ0) is 20.9. The van der Waals surface area contributed by atoms with Crippen LogP contribution in [0.15, 0.2) is 48.5 Å². The largest absolute Gasteiger partial charge is 0.494 e. The summed E-state index contributed by atoms with van der Waals surface area (Å²) >= 11 is 0. The number of hydrogen-bond acceptors (Lipinski definition) is 3. The highest BCUT2D eigenvalue weighted by molar-refractivity contribution is 5.89. The first kappa shape index (κ1) is 21.2. The van der Waals surface area contributed by atoms with E-state index >= 15 is 0 Å². The second-order valence-corrected chi connectivity index (χ2v) is 8.60. The number of nitrogens with one attached hydrogen (secondary N) is 1. The van der Waals surface area contributed by atoms with E-state index in [1.54, 1.807) is 0 Å². The molecule has 0 unspecified atom stereocenters. The first-order valence-electron chi connectivity index (χ1n) is 10.5. The number of carbonyl (C=O) groups is 1. The predicted molar refractivity (Wildman–Crippen MR) is 119 cm³/mol. The van der Waals surface area contributed by atoms with E-state index < -0.39 is 0 Å². The van der Waals surface area contributed by atoms with E-state index in [0.29, 0.717) is 6.61 Å². The lowest BCUT2D eigenvalue weighted by molar-refractivity contribution is 0.143. The number of urea groups is 1. The van der Waals surface area contributed by atoms with Crippen LogP contribution < -0.4 is 10.1 Å². The van der Waals surface area contributed by atoms with Crippen molar-refractivity contribution in [2.24, 2.45) is 0 Å². The Bertz CT molecular complexity index is 786. The Labute approximate surface area is 174 Å². The number of nitrogens with zero attached hydrogens (tertiary/aromatic N) is 2. The molecule has 0 aliphatic carbocycles. The average Bonchev–Trinajstić information content (AvgIpc) is 2.70. The molecule has 29 heavy (non-hydrogen) atoms. The van der Waals surface area contributed by atoms with Gasteiger partial charge in [-0.2, -0.15) is 0 Å². The minimum atomic E-state index is -0.0386. The number of amides is 2. The van der Waals surface area contributed by atoms with Crippen LogP contribution in [0.25, 0.3) is 0 Å². The second kappa shape index (κ2) is 9.31. The summed E-state index contributed by atoms with van der Waals surface area (Å²) in [7, 11) is 0. The topological polar surface area (TPSA) is 44.8 Å². The Kier molecular flexibility index (Phi) is 6.80. The van der Waals surface area contributed by atoms with E-state index in [4.69, 9.17) is 4.74 Å². The van der Waals surface area contributed by atoms with Crippen LogP contribution >= 0.6 is 0 Å². The maximum absolute atomic E-state index is 12.5. The van der Waals surface area contributed by atoms with Crippen molar-refractivity contribution in [3.05, 3.63) is 59.7 Å². The monoisotopic (exact) mass is 395 g/mol. The van der Waals surface area contributed by atoms with E-state index in [1.165, 1.54) is 11.1 Å². The van der Waals surface area contributed by atoms with Crippen molar-refractivity contribution in [1.29, 1.82) is 0 Å². The van der Waals surface area contributed by atoms with Crippen molar-refractivity contribution in [3.8, 4) is 5.75 Å². The first-order chi connectivity index (χ1) is 13.8. The zero-order valence-electron chi connectivity index (χ0n) is 18.1. The summed E-state index contributed by atoms with van der Waals surface area (Å²) < 4.78 is 5.44. The molecule has 1 heterocycles. The number of ether oxygens (including phenoxy) is 1. The molecule has 1 aliphatic rings. The van der Waals surface area contributed by atoms with Crippen molar-refractivity contribution >= 4 is 11.7 Å². The summed E-state index contributed by atoms with van der Waals surface area (Å²) in [4.78, 5) is 16.8. The Morgan fingerprint density at radius 1 is 0.966 bits per heavy atom. The van der Waals surface area contributed by atoms with Gasteiger partial charge in [0.15, 0.2) is 0 Å². The van der Waals surface area contributed by atoms with Gasteiger partial charge in [-0.1, -0.05) is 45.0 Å². The molecule has 1 saturated heterocycles. The minimum absolute atomic E-state index is 0.0386. The molecule has 0 atom stereocenters. The number of hydrogen-bond donors (Lipinski definition) is 1. The SMILES string of the molecule is CCOc1ccc(NC(=O)N2CCN(Cc3ccc(C(C)(C)C)cc3)CC2)cc1. The number of piperazine rings is 1. The van der Waals surface area contributed by atoms with Crippen LogP contribution in [0.1, 0.15) is 38.8 Å². The zero-order valence-corrected chi connectivity index (χ0v) is 18.1. The molecule has 5 nitrogen and oxygen atoms in total. The first-order valence-corrected chi connectivity index (χ1v) is 10.5. The summed E-state index contributed by atoms with van der Waals surface area (Å²) in [5.41, 5.74) is 3.66. The summed E-state index contributed by atoms with van der Waals surface area (Å²) in [6.07, 6.45) is 0. The quantitative estimate of drug-likeness (QED) is 0.796. The number of rotatable bonds is 5. The highest BCUT2D eigenvalue weighted by Gasteiger charge is 2.21. The van der Waals surface area contributed by atoms with Gasteiger partial charge in [-0.25, -0.2) is 4.79 Å². The molecule has 2 aromatic rings. The number of benzene rings is 2. The van der Waals surface area contributed by atoms with Crippen LogP contribution in [-0.2, 0) is 12.0 Å². The van der Waals surface area contributed by atoms with Gasteiger partial charge in [0, 0.05) is 38.4 Å². The van der Waals surface area contributed by atoms with Crippen LogP contribution in [0.2, 0.25) is 0 Å². The van der Waals surface area contributed by atoms with E-state index in [0.717, 1.165) is 44.2 Å². The maximum Gasteiger partial charge on any atom is 0.321 e. The van der Waals surface area contributed by atoms with Gasteiger partial charge < -0.3 is 15.0 Å². The fraction of sp³-hybridized carbons (Fsp3) is 0.458. The van der Waals surface area contributed by atoms with E-state index in [-0.39, 0.29) is 11.4 Å². The molecule has 1 aliphatic heterocycles. The molecule has 0 saturated carbocycles. The molecular weight excluding hydrogens is 362 g/mol. The van der Waals surface area contributed by atoms with Crippen molar-refractivity contribution in [3.63, 3.8) is 0 Å². The molecule has 0 radical (unpaired) electrons. The average molecular weight is 396 g/mol. The lowest BCUT2D eigenvalue weighted by Gasteiger charge is -2.34. The molecule has 1 fully saturated rings. The molecule has 0 aromatic heterocycles. The van der Waals surface area contributed by atoms with Gasteiger partial charge in [0.25, 0.3) is 0 Å². The molecule has 5 heteroatoms. The predicted octanol–water partition coefficient (Wildman–Crippen LogP) is 4.73. The third kappa shape index (κ3) is 5.97. The molecular formula is C24H33N3O2. The maximum atomic E-state index is 12.5. The molecule has 1 N–H and O–H groups in total. The second-order valence-electron chi connectivity index (χ2n) is 8.60. The highest BCUT2D eigenvalue weighted by Crippen LogP contribution is 2.23. The van der Waals surface area contributed by atoms with Crippen LogP contribution in [0.4, 0.5) is 10.5 Å². The lowest BCUT2D eigenvalue weighted by Crippen LogP contribution is -2.49. The normalized spacial score (nSPS) is 15.2. The third-order valence-corrected chi connectivity index (χ3v) is 5.30. The van der Waals surface area contributed by atoms with Crippen molar-refractivity contribution in [1.82, 2.24) is 9.80 Å². The fourth-order valence-corrected chi connectivity index (χ4v) is 3.48. The molecule has 0 spiro atoms. The Morgan fingerprint density at radius 3 is 2.14 bits per heavy atom. The minimum Gasteiger partial charge on any atom is -0.494 e. The van der Waals surface area contributed by atoms with Gasteiger partial charge in [-0.15, -0.1) is 0 Å². The Balaban J connectivity index is 1.46. The van der Waals surface area contributed by atoms with Crippen LogP contribution in [0, 0.1) is 0 Å². The van der Waals surface area contributed by atoms with Crippen molar-refractivity contribution in [2.75, 3.05) is 38.1 Å². The summed E-state index contributed by atoms with van der Waals surface area (Å²) in [6.45, 7) is 13.5. The van der Waals surface area contributed by atoms with Crippen molar-refractivity contribution in [2.45, 2.75) is 39.7 Å². The van der Waals surface area contributed by atoms with Gasteiger partial charge in [0.2, 0.25) is 0 Å². The molecule has 3 rings (SSSR count). The van der Waals surface area contributed by atoms with Gasteiger partial charge in [-0.3, -0.25) is 4.90 Å². The van der Waals surface area contributed by atoms with Crippen LogP contribution in [0.3, 0.4) is 0 Å². The fourth-order valence-electron chi connectivity index (χ4n) is 3.48. The van der Waals surface area contributed by atoms with Gasteiger partial charge in [0.05, 0.1) is 6.61 Å². The van der Waals surface area contributed by atoms with Gasteiger partial charge >= 0.3 is 6.03 Å². The molecule has 156 valence electrons. The van der Waals surface area contributed by atoms with Crippen molar-refractivity contribution < 1.29 is 9.53 Å². The van der Waals surface area contributed by atoms with Gasteiger partial charge in [0.1, 0.15) is 5.75 Å². The highest BCUT2D eigenvalue weighted by atomic mass is 16.5. The lowest BCUT2D eigenvalue weighted by atomic mass is 9.87. The summed E-state index contributed by atoms with van der Waals surface area (Å²) in [5.74, 6) is 0.814.